The van der Waals surface area contributed by atoms with E-state index >= 15 is 0 Å². The quantitative estimate of drug-likeness (QED) is 0.270. The number of imidazole rings is 1. The SMILES string of the molecule is CC(=O)C(N=Nc1ccc(S(=O)(=O)O)cc1)C(=O)Nc1ccc2[nH]c(=O)[nH]c2c1. The predicted octanol–water partition coefficient (Wildman–Crippen LogP) is 1.78. The maximum Gasteiger partial charge on any atom is 0.323 e. The molecule has 1 unspecified atom stereocenters. The summed E-state index contributed by atoms with van der Waals surface area (Å²) in [6.07, 6.45) is 0. The average Bonchev–Trinajstić information content (AvgIpc) is 3.00. The number of Topliss-reactive ketones (excluding diaryl/α,β-unsaturated/α-hetero) is 1. The first-order valence-corrected chi connectivity index (χ1v) is 9.59. The maximum atomic E-state index is 12.4. The van der Waals surface area contributed by atoms with Crippen LogP contribution in [0.15, 0.2) is 62.4 Å². The van der Waals surface area contributed by atoms with Crippen LogP contribution in [0.4, 0.5) is 11.4 Å². The minimum Gasteiger partial charge on any atom is -0.324 e. The number of rotatable bonds is 6. The molecule has 0 spiro atoms. The van der Waals surface area contributed by atoms with Gasteiger partial charge in [-0.25, -0.2) is 4.79 Å². The number of anilines is 1. The number of benzene rings is 2. The fourth-order valence-corrected chi connectivity index (χ4v) is 2.93. The number of ketones is 1. The van der Waals surface area contributed by atoms with Gasteiger partial charge in [-0.2, -0.15) is 18.6 Å². The Bertz CT molecular complexity index is 1270. The van der Waals surface area contributed by atoms with E-state index in [0.29, 0.717) is 16.7 Å². The summed E-state index contributed by atoms with van der Waals surface area (Å²) in [4.78, 5) is 40.3. The van der Waals surface area contributed by atoms with Gasteiger partial charge in [-0.05, 0) is 49.4 Å². The Morgan fingerprint density at radius 1 is 1.07 bits per heavy atom. The first kappa shape index (κ1) is 20.1. The molecular weight excluding hydrogens is 402 g/mol. The number of hydrogen-bond acceptors (Lipinski definition) is 7. The molecule has 1 aromatic heterocycles. The lowest BCUT2D eigenvalue weighted by molar-refractivity contribution is -0.126. The van der Waals surface area contributed by atoms with E-state index in [0.717, 1.165) is 12.1 Å². The standard InChI is InChI=1S/C17H15N5O6S/c1-9(23)15(22-21-10-2-5-12(6-3-10)29(26,27)28)16(24)18-11-4-7-13-14(8-11)20-17(25)19-13/h2-8,15H,1H3,(H,18,24)(H2,19,20,25)(H,26,27,28). The summed E-state index contributed by atoms with van der Waals surface area (Å²) in [5.41, 5.74) is 1.18. The van der Waals surface area contributed by atoms with Crippen molar-refractivity contribution in [3.8, 4) is 0 Å². The number of aromatic nitrogens is 2. The van der Waals surface area contributed by atoms with Gasteiger partial charge >= 0.3 is 5.69 Å². The summed E-state index contributed by atoms with van der Waals surface area (Å²) in [5, 5.41) is 10.0. The molecule has 4 N–H and O–H groups in total. The van der Waals surface area contributed by atoms with E-state index in [1.54, 1.807) is 12.1 Å². The number of nitrogens with zero attached hydrogens (tertiary/aromatic N) is 2. The Balaban J connectivity index is 1.77. The highest BCUT2D eigenvalue weighted by Crippen LogP contribution is 2.18. The smallest absolute Gasteiger partial charge is 0.323 e. The molecule has 0 aliphatic rings. The van der Waals surface area contributed by atoms with Crippen molar-refractivity contribution >= 4 is 44.2 Å². The number of fused-ring (bicyclic) bond motifs is 1. The van der Waals surface area contributed by atoms with Crippen molar-refractivity contribution in [2.24, 2.45) is 10.2 Å². The molecule has 11 nitrogen and oxygen atoms in total. The van der Waals surface area contributed by atoms with Crippen LogP contribution in [-0.4, -0.2) is 40.7 Å². The van der Waals surface area contributed by atoms with Gasteiger partial charge in [0.1, 0.15) is 0 Å². The fourth-order valence-electron chi connectivity index (χ4n) is 2.45. The second-order valence-electron chi connectivity index (χ2n) is 6.03. The molecule has 0 bridgehead atoms. The Morgan fingerprint density at radius 2 is 1.72 bits per heavy atom. The van der Waals surface area contributed by atoms with E-state index in [1.165, 1.54) is 25.1 Å². The lowest BCUT2D eigenvalue weighted by atomic mass is 10.2. The lowest BCUT2D eigenvalue weighted by Crippen LogP contribution is -2.31. The van der Waals surface area contributed by atoms with Gasteiger partial charge in [0.25, 0.3) is 16.0 Å². The van der Waals surface area contributed by atoms with Gasteiger partial charge in [0, 0.05) is 5.69 Å². The van der Waals surface area contributed by atoms with Crippen LogP contribution in [-0.2, 0) is 19.7 Å². The first-order chi connectivity index (χ1) is 13.6. The fraction of sp³-hybridized carbons (Fsp3) is 0.118. The second-order valence-corrected chi connectivity index (χ2v) is 7.45. The van der Waals surface area contributed by atoms with Crippen molar-refractivity contribution in [2.75, 3.05) is 5.32 Å². The van der Waals surface area contributed by atoms with E-state index in [2.05, 4.69) is 25.5 Å². The van der Waals surface area contributed by atoms with Crippen LogP contribution < -0.4 is 11.0 Å². The zero-order chi connectivity index (χ0) is 21.2. The van der Waals surface area contributed by atoms with Crippen molar-refractivity contribution in [3.63, 3.8) is 0 Å². The molecule has 3 rings (SSSR count). The van der Waals surface area contributed by atoms with Crippen molar-refractivity contribution < 1.29 is 22.6 Å². The summed E-state index contributed by atoms with van der Waals surface area (Å²) >= 11 is 0. The summed E-state index contributed by atoms with van der Waals surface area (Å²) in [5.74, 6) is -1.29. The lowest BCUT2D eigenvalue weighted by Gasteiger charge is -2.09. The number of carbonyl (C=O) groups excluding carboxylic acids is 2. The normalized spacial score (nSPS) is 12.9. The monoisotopic (exact) mass is 417 g/mol. The number of amides is 1. The van der Waals surface area contributed by atoms with Crippen LogP contribution in [0.3, 0.4) is 0 Å². The third-order valence-corrected chi connectivity index (χ3v) is 4.71. The van der Waals surface area contributed by atoms with Gasteiger partial charge in [-0.3, -0.25) is 14.1 Å². The van der Waals surface area contributed by atoms with E-state index in [1.807, 2.05) is 0 Å². The number of carbonyl (C=O) groups is 2. The summed E-state index contributed by atoms with van der Waals surface area (Å²) in [6.45, 7) is 1.18. The molecule has 1 amide bonds. The Kier molecular flexibility index (Phi) is 5.39. The molecular formula is C17H15N5O6S. The number of hydrogen-bond donors (Lipinski definition) is 4. The number of H-pyrrole nitrogens is 2. The minimum absolute atomic E-state index is 0.183. The van der Waals surface area contributed by atoms with Crippen molar-refractivity contribution in [1.29, 1.82) is 0 Å². The maximum absolute atomic E-state index is 12.4. The number of aromatic amines is 2. The largest absolute Gasteiger partial charge is 0.324 e. The molecule has 0 radical (unpaired) electrons. The van der Waals surface area contributed by atoms with Crippen molar-refractivity contribution in [3.05, 3.63) is 52.9 Å². The molecule has 1 heterocycles. The molecule has 0 fully saturated rings. The van der Waals surface area contributed by atoms with E-state index in [-0.39, 0.29) is 16.3 Å². The molecule has 0 saturated carbocycles. The molecule has 2 aromatic carbocycles. The molecule has 0 saturated heterocycles. The zero-order valence-corrected chi connectivity index (χ0v) is 15.7. The van der Waals surface area contributed by atoms with E-state index < -0.39 is 27.9 Å². The van der Waals surface area contributed by atoms with Crippen molar-refractivity contribution in [2.45, 2.75) is 17.9 Å². The molecule has 12 heteroatoms. The molecule has 0 aliphatic heterocycles. The molecule has 1 atom stereocenters. The average molecular weight is 417 g/mol. The van der Waals surface area contributed by atoms with Gasteiger partial charge in [0.05, 0.1) is 21.6 Å². The first-order valence-electron chi connectivity index (χ1n) is 8.15. The van der Waals surface area contributed by atoms with Crippen LogP contribution >= 0.6 is 0 Å². The topological polar surface area (TPSA) is 174 Å². The van der Waals surface area contributed by atoms with Crippen molar-refractivity contribution in [1.82, 2.24) is 9.97 Å². The highest BCUT2D eigenvalue weighted by Gasteiger charge is 2.23. The van der Waals surface area contributed by atoms with Crippen LogP contribution in [0.1, 0.15) is 6.92 Å². The van der Waals surface area contributed by atoms with Crippen LogP contribution in [0, 0.1) is 0 Å². The summed E-state index contributed by atoms with van der Waals surface area (Å²) in [7, 11) is -4.34. The Hall–Kier alpha value is -3.64. The Morgan fingerprint density at radius 3 is 2.34 bits per heavy atom. The van der Waals surface area contributed by atoms with Crippen LogP contribution in [0.25, 0.3) is 11.0 Å². The number of azo groups is 1. The summed E-state index contributed by atoms with van der Waals surface area (Å²) < 4.78 is 31.0. The molecule has 0 aliphatic carbocycles. The van der Waals surface area contributed by atoms with Gasteiger partial charge in [0.15, 0.2) is 5.78 Å². The number of nitrogens with one attached hydrogen (secondary N) is 3. The third kappa shape index (κ3) is 4.80. The third-order valence-electron chi connectivity index (χ3n) is 3.84. The molecule has 150 valence electrons. The summed E-state index contributed by atoms with van der Waals surface area (Å²) in [6, 6.07) is 7.97. The van der Waals surface area contributed by atoms with E-state index in [9.17, 15) is 22.8 Å². The van der Waals surface area contributed by atoms with Crippen LogP contribution in [0.2, 0.25) is 0 Å². The Labute approximate surface area is 163 Å². The zero-order valence-electron chi connectivity index (χ0n) is 14.9. The van der Waals surface area contributed by atoms with Gasteiger partial charge in [-0.15, -0.1) is 0 Å². The van der Waals surface area contributed by atoms with Crippen LogP contribution in [0.5, 0.6) is 0 Å². The van der Waals surface area contributed by atoms with E-state index in [4.69, 9.17) is 4.55 Å². The second kappa shape index (κ2) is 7.77. The highest BCUT2D eigenvalue weighted by atomic mass is 32.2. The predicted molar refractivity (Wildman–Crippen MR) is 103 cm³/mol. The molecule has 3 aromatic rings. The molecule has 29 heavy (non-hydrogen) atoms. The minimum atomic E-state index is -4.34. The van der Waals surface area contributed by atoms with Gasteiger partial charge in [-0.1, -0.05) is 0 Å². The van der Waals surface area contributed by atoms with Gasteiger partial charge < -0.3 is 15.3 Å². The van der Waals surface area contributed by atoms with Gasteiger partial charge in [0.2, 0.25) is 6.04 Å². The highest BCUT2D eigenvalue weighted by molar-refractivity contribution is 7.85.